The Bertz CT molecular complexity index is 606. The number of benzene rings is 2. The first-order valence-electron chi connectivity index (χ1n) is 6.80. The van der Waals surface area contributed by atoms with E-state index < -0.39 is 0 Å². The van der Waals surface area contributed by atoms with Gasteiger partial charge in [-0.2, -0.15) is 0 Å². The van der Waals surface area contributed by atoms with Crippen LogP contribution in [0.2, 0.25) is 0 Å². The van der Waals surface area contributed by atoms with Crippen molar-refractivity contribution in [1.82, 2.24) is 5.32 Å². The maximum Gasteiger partial charge on any atom is 0.233 e. The van der Waals surface area contributed by atoms with E-state index in [0.717, 1.165) is 11.1 Å². The van der Waals surface area contributed by atoms with Gasteiger partial charge >= 0.3 is 0 Å². The van der Waals surface area contributed by atoms with Crippen LogP contribution in [0.1, 0.15) is 17.5 Å². The Kier molecular flexibility index (Phi) is 5.10. The van der Waals surface area contributed by atoms with E-state index >= 15 is 0 Å². The molecular formula is C17H18N2O2. The molecule has 0 aliphatic heterocycles. The second kappa shape index (κ2) is 7.24. The molecule has 0 aliphatic rings. The van der Waals surface area contributed by atoms with Crippen molar-refractivity contribution in [3.05, 3.63) is 65.7 Å². The van der Waals surface area contributed by atoms with Crippen molar-refractivity contribution in [3.63, 3.8) is 0 Å². The van der Waals surface area contributed by atoms with Crippen LogP contribution < -0.4 is 10.6 Å². The molecule has 0 heterocycles. The number of hydrogen-bond donors (Lipinski definition) is 2. The van der Waals surface area contributed by atoms with Gasteiger partial charge in [-0.15, -0.1) is 0 Å². The van der Waals surface area contributed by atoms with Crippen molar-refractivity contribution < 1.29 is 9.59 Å². The lowest BCUT2D eigenvalue weighted by Crippen LogP contribution is -2.27. The molecule has 4 heteroatoms. The predicted molar refractivity (Wildman–Crippen MR) is 82.7 cm³/mol. The van der Waals surface area contributed by atoms with Crippen molar-refractivity contribution >= 4 is 17.5 Å². The molecule has 0 radical (unpaired) electrons. The number of rotatable bonds is 5. The summed E-state index contributed by atoms with van der Waals surface area (Å²) >= 11 is 0. The smallest absolute Gasteiger partial charge is 0.233 e. The van der Waals surface area contributed by atoms with Crippen LogP contribution in [-0.4, -0.2) is 11.8 Å². The highest BCUT2D eigenvalue weighted by atomic mass is 16.2. The molecule has 2 amide bonds. The summed E-state index contributed by atoms with van der Waals surface area (Å²) in [6, 6.07) is 17.0. The molecule has 4 nitrogen and oxygen atoms in total. The van der Waals surface area contributed by atoms with Gasteiger partial charge in [-0.25, -0.2) is 0 Å². The van der Waals surface area contributed by atoms with E-state index in [1.165, 1.54) is 0 Å². The van der Waals surface area contributed by atoms with E-state index in [2.05, 4.69) is 10.6 Å². The first kappa shape index (κ1) is 14.8. The third kappa shape index (κ3) is 5.10. The zero-order valence-electron chi connectivity index (χ0n) is 11.9. The Hall–Kier alpha value is -2.62. The zero-order valence-corrected chi connectivity index (χ0v) is 11.9. The van der Waals surface area contributed by atoms with Gasteiger partial charge in [0.05, 0.1) is 0 Å². The summed E-state index contributed by atoms with van der Waals surface area (Å²) in [5, 5.41) is 5.42. The molecule has 0 atom stereocenters. The number of anilines is 1. The standard InChI is InChI=1S/C17H18N2O2/c1-13-7-9-15(10-8-13)19-17(21)11-16(20)18-12-14-5-3-2-4-6-14/h2-10H,11-12H2,1H3,(H,18,20)(H,19,21). The highest BCUT2D eigenvalue weighted by Crippen LogP contribution is 2.08. The van der Waals surface area contributed by atoms with Crippen LogP contribution in [0, 0.1) is 6.92 Å². The summed E-state index contributed by atoms with van der Waals surface area (Å²) in [7, 11) is 0. The Morgan fingerprint density at radius 3 is 2.24 bits per heavy atom. The summed E-state index contributed by atoms with van der Waals surface area (Å²) in [5.74, 6) is -0.604. The van der Waals surface area contributed by atoms with Crippen LogP contribution in [0.5, 0.6) is 0 Å². The van der Waals surface area contributed by atoms with Crippen LogP contribution in [0.25, 0.3) is 0 Å². The van der Waals surface area contributed by atoms with Crippen molar-refractivity contribution in [2.24, 2.45) is 0 Å². The molecule has 0 aromatic heterocycles. The van der Waals surface area contributed by atoms with Gasteiger partial charge in [0.1, 0.15) is 6.42 Å². The molecule has 0 fully saturated rings. The lowest BCUT2D eigenvalue weighted by Gasteiger charge is -2.07. The zero-order chi connectivity index (χ0) is 15.1. The number of amides is 2. The maximum absolute atomic E-state index is 11.7. The highest BCUT2D eigenvalue weighted by molar-refractivity contribution is 6.03. The van der Waals surface area contributed by atoms with Crippen LogP contribution >= 0.6 is 0 Å². The van der Waals surface area contributed by atoms with Crippen molar-refractivity contribution in [2.45, 2.75) is 19.9 Å². The Morgan fingerprint density at radius 2 is 1.57 bits per heavy atom. The minimum Gasteiger partial charge on any atom is -0.352 e. The molecule has 0 unspecified atom stereocenters. The number of carbonyl (C=O) groups excluding carboxylic acids is 2. The van der Waals surface area contributed by atoms with Crippen molar-refractivity contribution in [1.29, 1.82) is 0 Å². The first-order valence-corrected chi connectivity index (χ1v) is 6.80. The molecule has 2 aromatic carbocycles. The van der Waals surface area contributed by atoms with Gasteiger partial charge in [0, 0.05) is 12.2 Å². The monoisotopic (exact) mass is 282 g/mol. The lowest BCUT2D eigenvalue weighted by atomic mass is 10.2. The Balaban J connectivity index is 1.77. The Morgan fingerprint density at radius 1 is 0.905 bits per heavy atom. The summed E-state index contributed by atoms with van der Waals surface area (Å²) in [6.07, 6.45) is -0.180. The summed E-state index contributed by atoms with van der Waals surface area (Å²) in [6.45, 7) is 2.40. The third-order valence-electron chi connectivity index (χ3n) is 2.99. The van der Waals surface area contributed by atoms with Gasteiger partial charge < -0.3 is 10.6 Å². The second-order valence-corrected chi connectivity index (χ2v) is 4.85. The van der Waals surface area contributed by atoms with Gasteiger partial charge in [0.2, 0.25) is 11.8 Å². The van der Waals surface area contributed by atoms with E-state index in [1.54, 1.807) is 0 Å². The number of hydrogen-bond acceptors (Lipinski definition) is 2. The van der Waals surface area contributed by atoms with Gasteiger partial charge in [-0.3, -0.25) is 9.59 Å². The van der Waals surface area contributed by atoms with Gasteiger partial charge in [0.15, 0.2) is 0 Å². The molecule has 2 N–H and O–H groups in total. The van der Waals surface area contributed by atoms with Gasteiger partial charge in [-0.1, -0.05) is 48.0 Å². The van der Waals surface area contributed by atoms with Gasteiger partial charge in [-0.05, 0) is 24.6 Å². The minimum atomic E-state index is -0.315. The fourth-order valence-corrected chi connectivity index (χ4v) is 1.85. The van der Waals surface area contributed by atoms with E-state index in [-0.39, 0.29) is 18.2 Å². The molecule has 108 valence electrons. The number of nitrogens with one attached hydrogen (secondary N) is 2. The molecule has 2 aromatic rings. The molecule has 21 heavy (non-hydrogen) atoms. The van der Waals surface area contributed by atoms with E-state index in [4.69, 9.17) is 0 Å². The number of aryl methyl sites for hydroxylation is 1. The number of carbonyl (C=O) groups is 2. The van der Waals surface area contributed by atoms with E-state index in [9.17, 15) is 9.59 Å². The van der Waals surface area contributed by atoms with Crippen LogP contribution in [-0.2, 0) is 16.1 Å². The minimum absolute atomic E-state index is 0.180. The molecule has 2 rings (SSSR count). The SMILES string of the molecule is Cc1ccc(NC(=O)CC(=O)NCc2ccccc2)cc1. The summed E-state index contributed by atoms with van der Waals surface area (Å²) < 4.78 is 0. The van der Waals surface area contributed by atoms with Crippen molar-refractivity contribution in [2.75, 3.05) is 5.32 Å². The third-order valence-corrected chi connectivity index (χ3v) is 2.99. The predicted octanol–water partition coefficient (Wildman–Crippen LogP) is 2.64. The molecule has 0 bridgehead atoms. The molecule has 0 saturated heterocycles. The molecule has 0 aliphatic carbocycles. The molecular weight excluding hydrogens is 264 g/mol. The lowest BCUT2D eigenvalue weighted by molar-refractivity contribution is -0.126. The summed E-state index contributed by atoms with van der Waals surface area (Å²) in [5.41, 5.74) is 2.82. The highest BCUT2D eigenvalue weighted by Gasteiger charge is 2.09. The fourth-order valence-electron chi connectivity index (χ4n) is 1.85. The maximum atomic E-state index is 11.7. The van der Waals surface area contributed by atoms with Crippen LogP contribution in [0.15, 0.2) is 54.6 Å². The second-order valence-electron chi connectivity index (χ2n) is 4.85. The molecule has 0 spiro atoms. The van der Waals surface area contributed by atoms with Crippen molar-refractivity contribution in [3.8, 4) is 0 Å². The average Bonchev–Trinajstić information content (AvgIpc) is 2.48. The Labute approximate surface area is 124 Å². The average molecular weight is 282 g/mol. The largest absolute Gasteiger partial charge is 0.352 e. The fraction of sp³-hybridized carbons (Fsp3) is 0.176. The normalized spacial score (nSPS) is 9.95. The van der Waals surface area contributed by atoms with E-state index in [1.807, 2.05) is 61.5 Å². The first-order chi connectivity index (χ1) is 10.1. The summed E-state index contributed by atoms with van der Waals surface area (Å²) in [4.78, 5) is 23.4. The van der Waals surface area contributed by atoms with Crippen LogP contribution in [0.4, 0.5) is 5.69 Å². The van der Waals surface area contributed by atoms with Crippen LogP contribution in [0.3, 0.4) is 0 Å². The molecule has 0 saturated carbocycles. The van der Waals surface area contributed by atoms with E-state index in [0.29, 0.717) is 12.2 Å². The van der Waals surface area contributed by atoms with Gasteiger partial charge in [0.25, 0.3) is 0 Å². The quantitative estimate of drug-likeness (QED) is 0.828. The topological polar surface area (TPSA) is 58.2 Å².